The maximum absolute atomic E-state index is 11.7. The van der Waals surface area contributed by atoms with E-state index in [0.717, 1.165) is 18.0 Å². The van der Waals surface area contributed by atoms with Gasteiger partial charge in [-0.1, -0.05) is 0 Å². The highest BCUT2D eigenvalue weighted by atomic mass is 32.2. The van der Waals surface area contributed by atoms with Gasteiger partial charge in [-0.15, -0.1) is 11.8 Å². The molecule has 0 aromatic rings. The van der Waals surface area contributed by atoms with Crippen molar-refractivity contribution in [3.05, 3.63) is 0 Å². The highest BCUT2D eigenvalue weighted by Gasteiger charge is 2.44. The Morgan fingerprint density at radius 3 is 2.69 bits per heavy atom. The van der Waals surface area contributed by atoms with Gasteiger partial charge in [-0.25, -0.2) is 0 Å². The lowest BCUT2D eigenvalue weighted by atomic mass is 10.1. The number of likely N-dealkylation sites (tertiary alicyclic amines) is 1. The van der Waals surface area contributed by atoms with Crippen LogP contribution in [0.3, 0.4) is 0 Å². The summed E-state index contributed by atoms with van der Waals surface area (Å²) >= 11 is 1.16. The van der Waals surface area contributed by atoms with Gasteiger partial charge in [0.05, 0.1) is 10.5 Å². The van der Waals surface area contributed by atoms with E-state index >= 15 is 0 Å². The number of amides is 2. The first-order chi connectivity index (χ1) is 7.40. The van der Waals surface area contributed by atoms with Crippen LogP contribution in [0.25, 0.3) is 0 Å². The summed E-state index contributed by atoms with van der Waals surface area (Å²) in [7, 11) is 0. The van der Waals surface area contributed by atoms with Crippen LogP contribution in [0.1, 0.15) is 20.3 Å². The van der Waals surface area contributed by atoms with Crippen molar-refractivity contribution in [3.63, 3.8) is 0 Å². The van der Waals surface area contributed by atoms with Crippen LogP contribution in [0.5, 0.6) is 0 Å². The van der Waals surface area contributed by atoms with Gasteiger partial charge in [-0.2, -0.15) is 0 Å². The van der Waals surface area contributed by atoms with Crippen LogP contribution in [-0.4, -0.2) is 46.1 Å². The summed E-state index contributed by atoms with van der Waals surface area (Å²) in [4.78, 5) is 35.1. The Bertz CT molecular complexity index is 319. The molecule has 0 bridgehead atoms. The number of nitrogens with two attached hydrogens (primary N) is 1. The highest BCUT2D eigenvalue weighted by molar-refractivity contribution is 8.02. The van der Waals surface area contributed by atoms with Crippen molar-refractivity contribution in [2.45, 2.75) is 31.1 Å². The molecule has 0 aromatic heterocycles. The van der Waals surface area contributed by atoms with Gasteiger partial charge in [0.15, 0.2) is 0 Å². The van der Waals surface area contributed by atoms with E-state index in [1.807, 2.05) is 13.8 Å². The van der Waals surface area contributed by atoms with Crippen molar-refractivity contribution in [2.24, 2.45) is 5.73 Å². The molecule has 1 heterocycles. The van der Waals surface area contributed by atoms with Crippen molar-refractivity contribution in [2.75, 3.05) is 12.3 Å². The molecule has 5 nitrogen and oxygen atoms in total. The van der Waals surface area contributed by atoms with Gasteiger partial charge in [-0.05, 0) is 13.8 Å². The number of carbonyl (C=O) groups is 3. The summed E-state index contributed by atoms with van der Waals surface area (Å²) in [5.41, 5.74) is 5.04. The van der Waals surface area contributed by atoms with Crippen molar-refractivity contribution in [3.8, 4) is 0 Å². The molecule has 1 saturated heterocycles. The predicted molar refractivity (Wildman–Crippen MR) is 61.9 cm³/mol. The number of nitrogens with zero attached hydrogens (tertiary/aromatic N) is 1. The molecule has 1 aliphatic rings. The second-order valence-electron chi connectivity index (χ2n) is 4.23. The van der Waals surface area contributed by atoms with E-state index in [2.05, 4.69) is 0 Å². The molecule has 6 heteroatoms. The monoisotopic (exact) mass is 244 g/mol. The number of hydrogen-bond donors (Lipinski definition) is 1. The molecule has 0 spiro atoms. The molecule has 0 aliphatic carbocycles. The van der Waals surface area contributed by atoms with Crippen molar-refractivity contribution < 1.29 is 14.4 Å². The number of thioether (sulfide) groups is 1. The van der Waals surface area contributed by atoms with Crippen LogP contribution >= 0.6 is 11.8 Å². The van der Waals surface area contributed by atoms with Crippen molar-refractivity contribution >= 4 is 29.9 Å². The Morgan fingerprint density at radius 2 is 2.31 bits per heavy atom. The Morgan fingerprint density at radius 1 is 1.69 bits per heavy atom. The topological polar surface area (TPSA) is 80.5 Å². The summed E-state index contributed by atoms with van der Waals surface area (Å²) in [6, 6.07) is 0.0727. The van der Waals surface area contributed by atoms with E-state index in [1.165, 1.54) is 0 Å². The Kier molecular flexibility index (Phi) is 3.96. The van der Waals surface area contributed by atoms with Gasteiger partial charge < -0.3 is 15.4 Å². The van der Waals surface area contributed by atoms with Crippen LogP contribution < -0.4 is 5.73 Å². The quantitative estimate of drug-likeness (QED) is 0.678. The molecule has 1 rings (SSSR count). The van der Waals surface area contributed by atoms with E-state index < -0.39 is 10.7 Å². The minimum absolute atomic E-state index is 0.0425. The van der Waals surface area contributed by atoms with E-state index in [-0.39, 0.29) is 24.1 Å². The van der Waals surface area contributed by atoms with Gasteiger partial charge in [0, 0.05) is 19.0 Å². The van der Waals surface area contributed by atoms with Gasteiger partial charge >= 0.3 is 0 Å². The molecule has 2 amide bonds. The van der Waals surface area contributed by atoms with Crippen molar-refractivity contribution in [1.82, 2.24) is 4.90 Å². The smallest absolute Gasteiger partial charge is 0.227 e. The fraction of sp³-hybridized carbons (Fsp3) is 0.700. The minimum atomic E-state index is -0.795. The number of primary amides is 1. The summed E-state index contributed by atoms with van der Waals surface area (Å²) in [6.45, 7) is 4.17. The van der Waals surface area contributed by atoms with E-state index in [0.29, 0.717) is 6.54 Å². The van der Waals surface area contributed by atoms with Gasteiger partial charge in [0.1, 0.15) is 6.29 Å². The number of carbonyl (C=O) groups excluding carboxylic acids is 3. The minimum Gasteiger partial charge on any atom is -0.369 e. The summed E-state index contributed by atoms with van der Waals surface area (Å²) in [5, 5.41) is 0. The van der Waals surface area contributed by atoms with Crippen LogP contribution in [0.15, 0.2) is 0 Å². The third-order valence-electron chi connectivity index (χ3n) is 2.55. The molecule has 0 saturated carbocycles. The maximum atomic E-state index is 11.7. The zero-order valence-electron chi connectivity index (χ0n) is 9.43. The predicted octanol–water partition coefficient (Wildman–Crippen LogP) is -0.217. The van der Waals surface area contributed by atoms with E-state index in [1.54, 1.807) is 4.90 Å². The van der Waals surface area contributed by atoms with E-state index in [9.17, 15) is 14.4 Å². The normalized spacial score (nSPS) is 25.2. The first-order valence-corrected chi connectivity index (χ1v) is 6.07. The van der Waals surface area contributed by atoms with E-state index in [4.69, 9.17) is 5.73 Å². The Hall–Kier alpha value is -1.04. The average Bonchev–Trinajstić information content (AvgIpc) is 2.54. The summed E-state index contributed by atoms with van der Waals surface area (Å²) in [6.07, 6.45) is 0.924. The largest absolute Gasteiger partial charge is 0.369 e. The maximum Gasteiger partial charge on any atom is 0.227 e. The van der Waals surface area contributed by atoms with Crippen LogP contribution in [-0.2, 0) is 14.4 Å². The zero-order chi connectivity index (χ0) is 12.3. The first-order valence-electron chi connectivity index (χ1n) is 5.08. The second kappa shape index (κ2) is 4.86. The molecule has 0 aromatic carbocycles. The molecule has 2 N–H and O–H groups in total. The lowest BCUT2D eigenvalue weighted by molar-refractivity contribution is -0.129. The number of rotatable bonds is 5. The first kappa shape index (κ1) is 13.0. The fourth-order valence-corrected chi connectivity index (χ4v) is 2.64. The summed E-state index contributed by atoms with van der Waals surface area (Å²) < 4.78 is -0.795. The molecular formula is C10H16N2O3S. The Balaban J connectivity index is 2.73. The van der Waals surface area contributed by atoms with Crippen LogP contribution in [0.2, 0.25) is 0 Å². The fourth-order valence-electron chi connectivity index (χ4n) is 1.68. The standard InChI is InChI=1S/C10H16N2O3S/c1-7(2)12-5-10(6-13,3-9(12)15)16-4-8(11)14/h6-7H,3-5H2,1-2H3,(H2,11,14). The highest BCUT2D eigenvalue weighted by Crippen LogP contribution is 2.34. The zero-order valence-corrected chi connectivity index (χ0v) is 10.3. The van der Waals surface area contributed by atoms with Gasteiger partial charge in [-0.3, -0.25) is 9.59 Å². The molecule has 16 heavy (non-hydrogen) atoms. The average molecular weight is 244 g/mol. The molecule has 1 aliphatic heterocycles. The number of hydrogen-bond acceptors (Lipinski definition) is 4. The molecular weight excluding hydrogens is 228 g/mol. The third-order valence-corrected chi connectivity index (χ3v) is 3.92. The van der Waals surface area contributed by atoms with Crippen LogP contribution in [0, 0.1) is 0 Å². The molecule has 1 atom stereocenters. The lowest BCUT2D eigenvalue weighted by Gasteiger charge is -2.24. The lowest BCUT2D eigenvalue weighted by Crippen LogP contribution is -2.37. The third kappa shape index (κ3) is 2.75. The molecule has 90 valence electrons. The SMILES string of the molecule is CC(C)N1CC(C=O)(SCC(N)=O)CC1=O. The summed E-state index contributed by atoms with van der Waals surface area (Å²) in [5.74, 6) is -0.446. The molecule has 0 radical (unpaired) electrons. The second-order valence-corrected chi connectivity index (χ2v) is 5.62. The van der Waals surface area contributed by atoms with Crippen LogP contribution in [0.4, 0.5) is 0 Å². The van der Waals surface area contributed by atoms with Gasteiger partial charge in [0.25, 0.3) is 0 Å². The van der Waals surface area contributed by atoms with Gasteiger partial charge in [0.2, 0.25) is 11.8 Å². The van der Waals surface area contributed by atoms with Crippen molar-refractivity contribution in [1.29, 1.82) is 0 Å². The molecule has 1 fully saturated rings. The number of aldehydes is 1. The molecule has 1 unspecified atom stereocenters. The Labute approximate surface area is 98.7 Å².